The largest absolute Gasteiger partial charge is 0.382 e. The number of aromatic amines is 1. The summed E-state index contributed by atoms with van der Waals surface area (Å²) in [6.45, 7) is 0. The third-order valence-electron chi connectivity index (χ3n) is 1.29. The zero-order valence-electron chi connectivity index (χ0n) is 5.37. The molecule has 0 saturated heterocycles. The molecule has 0 unspecified atom stereocenters. The molecule has 0 aliphatic carbocycles. The molecule has 2 aromatic heterocycles. The average Bonchev–Trinajstić information content (AvgIpc) is 2.34. The lowest BCUT2D eigenvalue weighted by molar-refractivity contribution is 1.21. The molecular formula is C5H4ClN5. The highest BCUT2D eigenvalue weighted by molar-refractivity contribution is 6.28. The molecule has 2 rings (SSSR count). The minimum Gasteiger partial charge on any atom is -0.382 e. The maximum absolute atomic E-state index is 5.52. The van der Waals surface area contributed by atoms with Crippen molar-refractivity contribution >= 4 is 28.6 Å². The summed E-state index contributed by atoms with van der Waals surface area (Å²) in [6, 6.07) is 0. The Bertz CT molecular complexity index is 395. The van der Waals surface area contributed by atoms with Crippen molar-refractivity contribution in [1.29, 1.82) is 0 Å². The van der Waals surface area contributed by atoms with E-state index in [0.29, 0.717) is 17.0 Å². The number of fused-ring (bicyclic) bond motifs is 1. The number of imidazole rings is 1. The van der Waals surface area contributed by atoms with Crippen LogP contribution in [0.5, 0.6) is 0 Å². The molecule has 0 aliphatic heterocycles. The number of nitrogen functional groups attached to an aromatic ring is 1. The van der Waals surface area contributed by atoms with Crippen LogP contribution >= 0.6 is 11.6 Å². The van der Waals surface area contributed by atoms with Gasteiger partial charge in [0.25, 0.3) is 0 Å². The van der Waals surface area contributed by atoms with Gasteiger partial charge in [-0.1, -0.05) is 0 Å². The molecule has 2 heterocycles. The van der Waals surface area contributed by atoms with E-state index in [1.807, 2.05) is 0 Å². The summed E-state index contributed by atoms with van der Waals surface area (Å²) in [6.07, 6.45) is 1.49. The minimum absolute atomic E-state index is 0.113. The van der Waals surface area contributed by atoms with Gasteiger partial charge < -0.3 is 10.7 Å². The number of H-pyrrole nitrogens is 1. The summed E-state index contributed by atoms with van der Waals surface area (Å²) in [5, 5.41) is 0.113. The van der Waals surface area contributed by atoms with Gasteiger partial charge in [-0.3, -0.25) is 0 Å². The van der Waals surface area contributed by atoms with Crippen molar-refractivity contribution in [3.8, 4) is 0 Å². The van der Waals surface area contributed by atoms with Gasteiger partial charge in [-0.05, 0) is 11.6 Å². The second-order valence-electron chi connectivity index (χ2n) is 1.98. The van der Waals surface area contributed by atoms with Crippen LogP contribution in [0.2, 0.25) is 5.28 Å². The maximum atomic E-state index is 5.52. The molecule has 0 radical (unpaired) electrons. The summed E-state index contributed by atoms with van der Waals surface area (Å²) in [4.78, 5) is 14.2. The number of nitrogens with zero attached hydrogens (tertiary/aromatic N) is 3. The Morgan fingerprint density at radius 1 is 1.45 bits per heavy atom. The van der Waals surface area contributed by atoms with Gasteiger partial charge in [0.1, 0.15) is 5.52 Å². The molecule has 0 aliphatic rings. The maximum Gasteiger partial charge on any atom is 0.226 e. The van der Waals surface area contributed by atoms with E-state index in [1.54, 1.807) is 0 Å². The zero-order valence-corrected chi connectivity index (χ0v) is 6.13. The SMILES string of the molecule is [15NH2]c1[15n]c(Cl)[15n]c2n[13cH][15nH]c12. The lowest BCUT2D eigenvalue weighted by Crippen LogP contribution is -1.93. The average molecular weight is 175 g/mol. The van der Waals surface area contributed by atoms with Crippen molar-refractivity contribution < 1.29 is 0 Å². The minimum atomic E-state index is 0.113. The van der Waals surface area contributed by atoms with Gasteiger partial charge >= 0.3 is 0 Å². The summed E-state index contributed by atoms with van der Waals surface area (Å²) >= 11 is 5.52. The number of aromatic nitrogens is 4. The van der Waals surface area contributed by atoms with E-state index in [1.165, 1.54) is 6.33 Å². The lowest BCUT2D eigenvalue weighted by Gasteiger charge is -1.92. The molecule has 56 valence electrons. The number of anilines is 1. The van der Waals surface area contributed by atoms with E-state index in [2.05, 4.69) is 19.9 Å². The Hall–Kier alpha value is -1.36. The fourth-order valence-corrected chi connectivity index (χ4v) is 0.999. The van der Waals surface area contributed by atoms with Gasteiger partial charge in [0, 0.05) is 0 Å². The highest BCUT2D eigenvalue weighted by Crippen LogP contribution is 2.14. The molecule has 0 aromatic carbocycles. The fraction of sp³-hybridized carbons (Fsp3) is 0. The molecule has 0 bridgehead atoms. The van der Waals surface area contributed by atoms with Crippen LogP contribution < -0.4 is 5.73 Å². The predicted molar refractivity (Wildman–Crippen MR) is 41.1 cm³/mol. The standard InChI is InChI=1S/C5H4ClN5/c6-5-10-3(7)2-4(11-5)9-1-8-2/h1H,(H3,7,8,9,10,11)/i1+1,7+1,8+1,10+1,11+1. The third-order valence-corrected chi connectivity index (χ3v) is 1.46. The monoisotopic (exact) mass is 174 g/mol. The second-order valence-corrected chi connectivity index (χ2v) is 2.32. The van der Waals surface area contributed by atoms with Crippen LogP contribution in [-0.4, -0.2) is 19.9 Å². The quantitative estimate of drug-likeness (QED) is 0.453. The molecule has 0 fully saturated rings. The highest BCUT2D eigenvalue weighted by atomic mass is 35.5. The summed E-state index contributed by atoms with van der Waals surface area (Å²) < 4.78 is 0. The number of hydrogen-bond donors (Lipinski definition) is 2. The van der Waals surface area contributed by atoms with Gasteiger partial charge in [0.15, 0.2) is 11.5 Å². The first-order valence-electron chi connectivity index (χ1n) is 2.89. The molecule has 3 N–H and O–H groups in total. The number of rotatable bonds is 0. The molecule has 11 heavy (non-hydrogen) atoms. The van der Waals surface area contributed by atoms with Crippen molar-refractivity contribution in [3.63, 3.8) is 0 Å². The van der Waals surface area contributed by atoms with Crippen LogP contribution in [-0.2, 0) is 0 Å². The van der Waals surface area contributed by atoms with Crippen LogP contribution in [0.3, 0.4) is 0 Å². The second kappa shape index (κ2) is 2.06. The van der Waals surface area contributed by atoms with Gasteiger partial charge in [-0.15, -0.1) is 0 Å². The van der Waals surface area contributed by atoms with E-state index in [0.717, 1.165) is 0 Å². The first-order valence-corrected chi connectivity index (χ1v) is 3.27. The predicted octanol–water partition coefficient (Wildman–Crippen LogP) is 0.588. The van der Waals surface area contributed by atoms with Crippen molar-refractivity contribution in [2.75, 3.05) is 5.73 Å². The van der Waals surface area contributed by atoms with Crippen LogP contribution in [0, 0.1) is 0 Å². The van der Waals surface area contributed by atoms with Crippen molar-refractivity contribution in [2.24, 2.45) is 0 Å². The van der Waals surface area contributed by atoms with Crippen LogP contribution in [0.4, 0.5) is 5.82 Å². The van der Waals surface area contributed by atoms with Crippen LogP contribution in [0.15, 0.2) is 6.33 Å². The van der Waals surface area contributed by atoms with Crippen molar-refractivity contribution in [1.82, 2.24) is 19.9 Å². The molecule has 5 nitrogen and oxygen atoms in total. The number of nitrogens with two attached hydrogens (primary N) is 1. The van der Waals surface area contributed by atoms with E-state index in [-0.39, 0.29) is 5.28 Å². The van der Waals surface area contributed by atoms with E-state index >= 15 is 0 Å². The number of hydrogen-bond acceptors (Lipinski definition) is 4. The molecule has 0 atom stereocenters. The van der Waals surface area contributed by atoms with E-state index < -0.39 is 0 Å². The molecule has 0 saturated carbocycles. The van der Waals surface area contributed by atoms with Gasteiger partial charge in [0.05, 0.1) is 6.33 Å². The lowest BCUT2D eigenvalue weighted by atomic mass is 10.6. The molecule has 2 aromatic rings. The van der Waals surface area contributed by atoms with Crippen molar-refractivity contribution in [2.45, 2.75) is 0 Å². The Morgan fingerprint density at radius 3 is 3.09 bits per heavy atom. The zero-order chi connectivity index (χ0) is 7.84. The van der Waals surface area contributed by atoms with Gasteiger partial charge in [-0.25, -0.2) is 4.98 Å². The number of halogens is 1. The van der Waals surface area contributed by atoms with Crippen LogP contribution in [0.1, 0.15) is 0 Å². The topological polar surface area (TPSA) is 80.5 Å². The van der Waals surface area contributed by atoms with E-state index in [9.17, 15) is 0 Å². The molecule has 6 heteroatoms. The Labute approximate surface area is 66.6 Å². The summed E-state index contributed by atoms with van der Waals surface area (Å²) in [5.74, 6) is 0.317. The summed E-state index contributed by atoms with van der Waals surface area (Å²) in [5.41, 5.74) is 6.60. The normalized spacial score (nSPS) is 10.6. The third kappa shape index (κ3) is 0.894. The molecule has 0 spiro atoms. The Morgan fingerprint density at radius 2 is 2.27 bits per heavy atom. The fourth-order valence-electron chi connectivity index (χ4n) is 0.828. The van der Waals surface area contributed by atoms with Gasteiger partial charge in [-0.2, -0.15) is 9.97 Å². The Balaban J connectivity index is 2.91. The van der Waals surface area contributed by atoms with Crippen molar-refractivity contribution in [3.05, 3.63) is 11.6 Å². The van der Waals surface area contributed by atoms with Gasteiger partial charge in [0.2, 0.25) is 5.28 Å². The Kier molecular flexibility index (Phi) is 1.19. The van der Waals surface area contributed by atoms with E-state index in [4.69, 9.17) is 17.3 Å². The smallest absolute Gasteiger partial charge is 0.226 e. The first-order chi connectivity index (χ1) is 5.27. The number of nitrogens with one attached hydrogen (secondary N) is 1. The summed E-state index contributed by atoms with van der Waals surface area (Å²) in [7, 11) is 0. The van der Waals surface area contributed by atoms with Crippen LogP contribution in [0.25, 0.3) is 11.2 Å². The molecular weight excluding hydrogens is 171 g/mol. The first kappa shape index (κ1) is 6.36. The highest BCUT2D eigenvalue weighted by Gasteiger charge is 2.03. The molecule has 0 amide bonds.